The zero-order valence-corrected chi connectivity index (χ0v) is 11.6. The molecule has 3 aliphatic rings. The van der Waals surface area contributed by atoms with Gasteiger partial charge in [0.05, 0.1) is 18.3 Å². The van der Waals surface area contributed by atoms with Crippen LogP contribution >= 0.6 is 0 Å². The van der Waals surface area contributed by atoms with E-state index < -0.39 is 0 Å². The van der Waals surface area contributed by atoms with Gasteiger partial charge in [-0.1, -0.05) is 0 Å². The Morgan fingerprint density at radius 1 is 1.32 bits per heavy atom. The van der Waals surface area contributed by atoms with E-state index in [1.807, 2.05) is 0 Å². The number of fused-ring (bicyclic) bond motifs is 1. The number of ether oxygens (including phenoxy) is 1. The van der Waals surface area contributed by atoms with Crippen LogP contribution in [0.1, 0.15) is 25.7 Å². The Kier molecular flexibility index (Phi) is 4.04. The number of nitriles is 1. The molecule has 0 spiro atoms. The Labute approximate surface area is 115 Å². The summed E-state index contributed by atoms with van der Waals surface area (Å²) in [6.45, 7) is 3.34. The van der Waals surface area contributed by atoms with Crippen molar-refractivity contribution in [2.45, 2.75) is 50.1 Å². The molecule has 3 fully saturated rings. The zero-order valence-electron chi connectivity index (χ0n) is 11.6. The number of nitrogens with one attached hydrogen (secondary N) is 2. The van der Waals surface area contributed by atoms with Crippen LogP contribution in [0.25, 0.3) is 0 Å². The molecule has 3 aliphatic heterocycles. The maximum Gasteiger partial charge on any atom is 0.144 e. The Hall–Kier alpha value is -0.670. The lowest BCUT2D eigenvalue weighted by Crippen LogP contribution is -2.58. The molecule has 106 valence electrons. The van der Waals surface area contributed by atoms with E-state index >= 15 is 0 Å². The highest BCUT2D eigenvalue weighted by Crippen LogP contribution is 2.33. The van der Waals surface area contributed by atoms with E-state index in [1.54, 1.807) is 0 Å². The first kappa shape index (κ1) is 13.3. The number of hydrogen-bond donors (Lipinski definition) is 2. The van der Waals surface area contributed by atoms with E-state index in [-0.39, 0.29) is 12.2 Å². The Morgan fingerprint density at radius 2 is 2.11 bits per heavy atom. The van der Waals surface area contributed by atoms with Gasteiger partial charge in [-0.05, 0) is 52.4 Å². The Balaban J connectivity index is 1.57. The van der Waals surface area contributed by atoms with E-state index in [9.17, 15) is 0 Å². The van der Waals surface area contributed by atoms with Crippen molar-refractivity contribution in [1.29, 1.82) is 5.26 Å². The predicted octanol–water partition coefficient (Wildman–Crippen LogP) is 0.287. The van der Waals surface area contributed by atoms with Crippen LogP contribution in [0.5, 0.6) is 0 Å². The summed E-state index contributed by atoms with van der Waals surface area (Å²) in [5, 5.41) is 16.4. The van der Waals surface area contributed by atoms with Gasteiger partial charge in [-0.2, -0.15) is 5.26 Å². The van der Waals surface area contributed by atoms with Gasteiger partial charge in [0.25, 0.3) is 0 Å². The maximum absolute atomic E-state index is 9.03. The van der Waals surface area contributed by atoms with E-state index in [0.717, 1.165) is 19.4 Å². The lowest BCUT2D eigenvalue weighted by atomic mass is 9.90. The lowest BCUT2D eigenvalue weighted by Gasteiger charge is -2.39. The summed E-state index contributed by atoms with van der Waals surface area (Å²) in [6, 6.07) is 2.87. The van der Waals surface area contributed by atoms with Crippen molar-refractivity contribution in [3.8, 4) is 6.07 Å². The first-order valence-corrected chi connectivity index (χ1v) is 7.49. The van der Waals surface area contributed by atoms with Gasteiger partial charge in [0.1, 0.15) is 6.10 Å². The number of piperidine rings is 2. The highest BCUT2D eigenvalue weighted by Gasteiger charge is 2.42. The summed E-state index contributed by atoms with van der Waals surface area (Å²) >= 11 is 0. The third kappa shape index (κ3) is 2.92. The average Bonchev–Trinajstić information content (AvgIpc) is 2.85. The third-order valence-corrected chi connectivity index (χ3v) is 4.80. The van der Waals surface area contributed by atoms with Crippen LogP contribution in [0, 0.1) is 17.2 Å². The second-order valence-electron chi connectivity index (χ2n) is 6.16. The smallest absolute Gasteiger partial charge is 0.144 e. The first-order valence-electron chi connectivity index (χ1n) is 7.49. The summed E-state index contributed by atoms with van der Waals surface area (Å²) < 4.78 is 5.80. The van der Waals surface area contributed by atoms with Gasteiger partial charge in [-0.3, -0.25) is 5.32 Å². The first-order chi connectivity index (χ1) is 9.26. The molecule has 0 bridgehead atoms. The molecule has 0 aromatic rings. The van der Waals surface area contributed by atoms with E-state index in [4.69, 9.17) is 10.00 Å². The second-order valence-corrected chi connectivity index (χ2v) is 6.16. The minimum absolute atomic E-state index is 0.198. The molecule has 3 saturated heterocycles. The van der Waals surface area contributed by atoms with Gasteiger partial charge < -0.3 is 15.0 Å². The number of likely N-dealkylation sites (tertiary alicyclic amines) is 1. The Bertz CT molecular complexity index is 348. The van der Waals surface area contributed by atoms with Gasteiger partial charge in [-0.15, -0.1) is 0 Å². The van der Waals surface area contributed by atoms with Crippen LogP contribution in [0.15, 0.2) is 0 Å². The van der Waals surface area contributed by atoms with E-state index in [2.05, 4.69) is 28.7 Å². The summed E-state index contributed by atoms with van der Waals surface area (Å²) in [4.78, 5) is 2.39. The maximum atomic E-state index is 9.03. The molecule has 3 rings (SSSR count). The van der Waals surface area contributed by atoms with Gasteiger partial charge in [-0.25, -0.2) is 0 Å². The van der Waals surface area contributed by atoms with Crippen molar-refractivity contribution in [3.05, 3.63) is 0 Å². The topological polar surface area (TPSA) is 60.3 Å². The normalized spacial score (nSPS) is 40.8. The summed E-state index contributed by atoms with van der Waals surface area (Å²) in [7, 11) is 2.19. The largest absolute Gasteiger partial charge is 0.360 e. The monoisotopic (exact) mass is 264 g/mol. The van der Waals surface area contributed by atoms with Gasteiger partial charge in [0.15, 0.2) is 0 Å². The highest BCUT2D eigenvalue weighted by molar-refractivity contribution is 5.00. The van der Waals surface area contributed by atoms with Crippen molar-refractivity contribution < 1.29 is 4.74 Å². The minimum Gasteiger partial charge on any atom is -0.360 e. The molecule has 3 heterocycles. The second kappa shape index (κ2) is 5.76. The molecule has 0 saturated carbocycles. The van der Waals surface area contributed by atoms with Crippen molar-refractivity contribution >= 4 is 0 Å². The molecule has 19 heavy (non-hydrogen) atoms. The molecule has 0 aromatic carbocycles. The molecule has 5 nitrogen and oxygen atoms in total. The van der Waals surface area contributed by atoms with Crippen molar-refractivity contribution in [2.75, 3.05) is 26.7 Å². The van der Waals surface area contributed by atoms with Crippen molar-refractivity contribution in [3.63, 3.8) is 0 Å². The molecule has 0 aromatic heterocycles. The fraction of sp³-hybridized carbons (Fsp3) is 0.929. The summed E-state index contributed by atoms with van der Waals surface area (Å²) in [6.07, 6.45) is 4.74. The SMILES string of the molecule is CN1CCC(NC2NCCC3OC(C#N)CC23)CC1. The number of hydrogen-bond acceptors (Lipinski definition) is 5. The fourth-order valence-corrected chi connectivity index (χ4v) is 3.63. The van der Waals surface area contributed by atoms with Gasteiger partial charge in [0.2, 0.25) is 0 Å². The standard InChI is InChI=1S/C14H24N4O/c1-18-6-3-10(4-7-18)17-14-12-8-11(9-15)19-13(12)2-5-16-14/h10-14,16-17H,2-8H2,1H3. The van der Waals surface area contributed by atoms with Crippen LogP contribution in [0.4, 0.5) is 0 Å². The average molecular weight is 264 g/mol. The van der Waals surface area contributed by atoms with Crippen molar-refractivity contribution in [2.24, 2.45) is 5.92 Å². The lowest BCUT2D eigenvalue weighted by molar-refractivity contribution is 0.0267. The van der Waals surface area contributed by atoms with Crippen LogP contribution in [-0.2, 0) is 4.74 Å². The van der Waals surface area contributed by atoms with Crippen LogP contribution in [0.3, 0.4) is 0 Å². The van der Waals surface area contributed by atoms with E-state index in [0.29, 0.717) is 18.1 Å². The molecular weight excluding hydrogens is 240 g/mol. The molecule has 2 N–H and O–H groups in total. The molecule has 4 atom stereocenters. The highest BCUT2D eigenvalue weighted by atomic mass is 16.5. The van der Waals surface area contributed by atoms with Gasteiger partial charge >= 0.3 is 0 Å². The Morgan fingerprint density at radius 3 is 2.84 bits per heavy atom. The minimum atomic E-state index is -0.198. The summed E-state index contributed by atoms with van der Waals surface area (Å²) in [5.41, 5.74) is 0. The van der Waals surface area contributed by atoms with E-state index in [1.165, 1.54) is 25.9 Å². The number of rotatable bonds is 2. The molecule has 0 radical (unpaired) electrons. The van der Waals surface area contributed by atoms with Gasteiger partial charge in [0, 0.05) is 12.0 Å². The third-order valence-electron chi connectivity index (χ3n) is 4.80. The van der Waals surface area contributed by atoms with Crippen LogP contribution < -0.4 is 10.6 Å². The van der Waals surface area contributed by atoms with Crippen LogP contribution in [0.2, 0.25) is 0 Å². The zero-order chi connectivity index (χ0) is 13.2. The van der Waals surface area contributed by atoms with Crippen molar-refractivity contribution in [1.82, 2.24) is 15.5 Å². The molecular formula is C14H24N4O. The predicted molar refractivity (Wildman–Crippen MR) is 72.4 cm³/mol. The van der Waals surface area contributed by atoms with Crippen LogP contribution in [-0.4, -0.2) is 56.0 Å². The molecule has 5 heteroatoms. The summed E-state index contributed by atoms with van der Waals surface area (Å²) in [5.74, 6) is 0.457. The molecule has 4 unspecified atom stereocenters. The molecule has 0 amide bonds. The number of nitrogens with zero attached hydrogens (tertiary/aromatic N) is 2. The molecule has 0 aliphatic carbocycles. The fourth-order valence-electron chi connectivity index (χ4n) is 3.63. The quantitative estimate of drug-likeness (QED) is 0.750.